The first kappa shape index (κ1) is 11.6. The van der Waals surface area contributed by atoms with Gasteiger partial charge in [0.2, 0.25) is 0 Å². The fourth-order valence-electron chi connectivity index (χ4n) is 2.43. The second kappa shape index (κ2) is 3.07. The minimum absolute atomic E-state index is 0.0273. The Bertz CT molecular complexity index is 280. The highest BCUT2D eigenvalue weighted by Gasteiger charge is 2.68. The number of nitrogens with zero attached hydrogens (tertiary/aromatic N) is 1. The monoisotopic (exact) mass is 237 g/mol. The van der Waals surface area contributed by atoms with Gasteiger partial charge in [-0.05, 0) is 20.3 Å². The summed E-state index contributed by atoms with van der Waals surface area (Å²) in [4.78, 5) is 2.12. The maximum atomic E-state index is 13.1. The molecule has 0 aromatic rings. The van der Waals surface area contributed by atoms with Crippen molar-refractivity contribution >= 4 is 11.6 Å². The number of alkyl halides is 3. The van der Waals surface area contributed by atoms with Gasteiger partial charge in [0, 0.05) is 30.5 Å². The van der Waals surface area contributed by atoms with Crippen LogP contribution in [-0.2, 0) is 0 Å². The lowest BCUT2D eigenvalue weighted by Gasteiger charge is -2.35. The molecule has 0 aromatic heterocycles. The van der Waals surface area contributed by atoms with Crippen LogP contribution in [0.15, 0.2) is 0 Å². The van der Waals surface area contributed by atoms with Crippen molar-refractivity contribution in [2.24, 2.45) is 5.41 Å². The zero-order valence-electron chi connectivity index (χ0n) is 9.49. The molecular weight excluding hydrogens is 220 g/mol. The first-order valence-electron chi connectivity index (χ1n) is 5.46. The third-order valence-electron chi connectivity index (χ3n) is 4.14. The van der Waals surface area contributed by atoms with Crippen LogP contribution in [-0.4, -0.2) is 34.8 Å². The van der Waals surface area contributed by atoms with Gasteiger partial charge in [-0.15, -0.1) is 11.6 Å². The molecule has 0 spiro atoms. The highest BCUT2D eigenvalue weighted by atomic mass is 35.5. The first-order valence-corrected chi connectivity index (χ1v) is 5.90. The average Bonchev–Trinajstić information content (AvgIpc) is 2.47. The minimum Gasteiger partial charge on any atom is -0.296 e. The van der Waals surface area contributed by atoms with Gasteiger partial charge in [-0.3, -0.25) is 4.90 Å². The van der Waals surface area contributed by atoms with E-state index in [-0.39, 0.29) is 17.3 Å². The number of halogens is 3. The molecule has 15 heavy (non-hydrogen) atoms. The summed E-state index contributed by atoms with van der Waals surface area (Å²) >= 11 is 6.19. The Hall–Kier alpha value is 0.110. The van der Waals surface area contributed by atoms with Crippen molar-refractivity contribution in [1.29, 1.82) is 0 Å². The summed E-state index contributed by atoms with van der Waals surface area (Å²) in [7, 11) is 0. The molecule has 4 heteroatoms. The lowest BCUT2D eigenvalue weighted by molar-refractivity contribution is 0.0413. The summed E-state index contributed by atoms with van der Waals surface area (Å²) in [5, 5.41) is 0.0773. The van der Waals surface area contributed by atoms with E-state index >= 15 is 0 Å². The lowest BCUT2D eigenvalue weighted by atomic mass is 9.99. The predicted molar refractivity (Wildman–Crippen MR) is 57.6 cm³/mol. The van der Waals surface area contributed by atoms with Gasteiger partial charge >= 0.3 is 0 Å². The molecule has 88 valence electrons. The Kier molecular flexibility index (Phi) is 2.37. The molecule has 0 amide bonds. The summed E-state index contributed by atoms with van der Waals surface area (Å²) in [5.41, 5.74) is -0.964. The fourth-order valence-corrected chi connectivity index (χ4v) is 2.67. The quantitative estimate of drug-likeness (QED) is 0.667. The van der Waals surface area contributed by atoms with Crippen LogP contribution in [0.4, 0.5) is 8.78 Å². The molecule has 2 atom stereocenters. The number of hydrogen-bond donors (Lipinski definition) is 0. The van der Waals surface area contributed by atoms with Gasteiger partial charge in [-0.2, -0.15) is 0 Å². The van der Waals surface area contributed by atoms with Crippen molar-refractivity contribution in [3.8, 4) is 0 Å². The third kappa shape index (κ3) is 1.68. The van der Waals surface area contributed by atoms with Crippen LogP contribution < -0.4 is 0 Å². The zero-order valence-corrected chi connectivity index (χ0v) is 10.2. The van der Waals surface area contributed by atoms with Crippen molar-refractivity contribution < 1.29 is 8.78 Å². The van der Waals surface area contributed by atoms with Crippen LogP contribution in [0.1, 0.15) is 33.6 Å². The van der Waals surface area contributed by atoms with Crippen molar-refractivity contribution in [1.82, 2.24) is 4.90 Å². The molecule has 0 bridgehead atoms. The molecule has 1 heterocycles. The maximum absolute atomic E-state index is 13.1. The van der Waals surface area contributed by atoms with E-state index in [9.17, 15) is 8.78 Å². The van der Waals surface area contributed by atoms with Crippen LogP contribution in [0.2, 0.25) is 0 Å². The Morgan fingerprint density at radius 1 is 1.33 bits per heavy atom. The molecule has 1 saturated heterocycles. The lowest BCUT2D eigenvalue weighted by Crippen LogP contribution is -2.46. The highest BCUT2D eigenvalue weighted by Crippen LogP contribution is 2.61. The van der Waals surface area contributed by atoms with E-state index in [2.05, 4.69) is 4.90 Å². The van der Waals surface area contributed by atoms with Crippen molar-refractivity contribution in [3.63, 3.8) is 0 Å². The van der Waals surface area contributed by atoms with Crippen molar-refractivity contribution in [2.45, 2.75) is 50.5 Å². The number of rotatable bonds is 2. The molecule has 0 N–H and O–H groups in total. The van der Waals surface area contributed by atoms with Crippen molar-refractivity contribution in [3.05, 3.63) is 0 Å². The maximum Gasteiger partial charge on any atom is 0.255 e. The largest absolute Gasteiger partial charge is 0.296 e. The second-order valence-electron chi connectivity index (χ2n) is 5.77. The van der Waals surface area contributed by atoms with E-state index in [1.807, 2.05) is 13.8 Å². The first-order chi connectivity index (χ1) is 6.69. The third-order valence-corrected chi connectivity index (χ3v) is 4.90. The van der Waals surface area contributed by atoms with Gasteiger partial charge in [0.05, 0.1) is 5.38 Å². The summed E-state index contributed by atoms with van der Waals surface area (Å²) in [5.74, 6) is -2.46. The molecule has 0 radical (unpaired) electrons. The normalized spacial score (nSPS) is 43.2. The minimum atomic E-state index is -2.46. The van der Waals surface area contributed by atoms with E-state index in [1.54, 1.807) is 6.92 Å². The molecule has 0 aromatic carbocycles. The van der Waals surface area contributed by atoms with E-state index < -0.39 is 11.3 Å². The Balaban J connectivity index is 2.03. The van der Waals surface area contributed by atoms with E-state index in [1.165, 1.54) is 0 Å². The second-order valence-corrected chi connectivity index (χ2v) is 6.30. The summed E-state index contributed by atoms with van der Waals surface area (Å²) in [6, 6.07) is 0. The smallest absolute Gasteiger partial charge is 0.255 e. The zero-order chi connectivity index (χ0) is 11.5. The van der Waals surface area contributed by atoms with Gasteiger partial charge in [0.15, 0.2) is 0 Å². The van der Waals surface area contributed by atoms with Gasteiger partial charge < -0.3 is 0 Å². The Morgan fingerprint density at radius 2 is 1.87 bits per heavy atom. The highest BCUT2D eigenvalue weighted by molar-refractivity contribution is 6.21. The van der Waals surface area contributed by atoms with Crippen LogP contribution in [0.25, 0.3) is 0 Å². The standard InChI is InChI=1S/C11H18ClF2N/c1-9(2)8(12)4-5-15(9)7-10(3)6-11(10,13)14/h8H,4-7H2,1-3H3. The molecule has 2 rings (SSSR count). The summed E-state index contributed by atoms with van der Waals surface area (Å²) in [6.45, 7) is 7.07. The van der Waals surface area contributed by atoms with Gasteiger partial charge in [-0.25, -0.2) is 8.78 Å². The average molecular weight is 238 g/mol. The molecule has 1 aliphatic heterocycles. The van der Waals surface area contributed by atoms with Gasteiger partial charge in [-0.1, -0.05) is 6.92 Å². The summed E-state index contributed by atoms with van der Waals surface area (Å²) in [6.07, 6.45) is 0.926. The molecule has 2 unspecified atom stereocenters. The van der Waals surface area contributed by atoms with Crippen LogP contribution in [0, 0.1) is 5.41 Å². The van der Waals surface area contributed by atoms with Crippen LogP contribution in [0.5, 0.6) is 0 Å². The van der Waals surface area contributed by atoms with E-state index in [4.69, 9.17) is 11.6 Å². The fraction of sp³-hybridized carbons (Fsp3) is 1.00. The number of hydrogen-bond acceptors (Lipinski definition) is 1. The predicted octanol–water partition coefficient (Wildman–Crippen LogP) is 3.12. The molecule has 1 nitrogen and oxygen atoms in total. The molecular formula is C11H18ClF2N. The number of likely N-dealkylation sites (tertiary alicyclic amines) is 1. The summed E-state index contributed by atoms with van der Waals surface area (Å²) < 4.78 is 26.2. The van der Waals surface area contributed by atoms with E-state index in [0.29, 0.717) is 6.54 Å². The molecule has 2 fully saturated rings. The molecule has 1 aliphatic carbocycles. The van der Waals surface area contributed by atoms with Gasteiger partial charge in [0.25, 0.3) is 5.92 Å². The molecule has 1 saturated carbocycles. The topological polar surface area (TPSA) is 3.24 Å². The van der Waals surface area contributed by atoms with E-state index in [0.717, 1.165) is 13.0 Å². The Morgan fingerprint density at radius 3 is 2.20 bits per heavy atom. The SMILES string of the molecule is CC1(C)C(Cl)CCN1CC1(C)CC1(F)F. The van der Waals surface area contributed by atoms with Gasteiger partial charge in [0.1, 0.15) is 0 Å². The Labute approximate surface area is 94.8 Å². The van der Waals surface area contributed by atoms with Crippen LogP contribution in [0.3, 0.4) is 0 Å². The molecule has 2 aliphatic rings. The van der Waals surface area contributed by atoms with Crippen LogP contribution >= 0.6 is 11.6 Å². The van der Waals surface area contributed by atoms with Crippen molar-refractivity contribution in [2.75, 3.05) is 13.1 Å².